The zero-order chi connectivity index (χ0) is 24.4. The number of allylic oxidation sites excluding steroid dienone is 1. The molecule has 178 valence electrons. The molecule has 34 heavy (non-hydrogen) atoms. The number of nitrogens with zero attached hydrogens (tertiary/aromatic N) is 3. The van der Waals surface area contributed by atoms with Gasteiger partial charge in [-0.25, -0.2) is 8.78 Å². The number of hydrogen-bond acceptors (Lipinski definition) is 5. The zero-order valence-corrected chi connectivity index (χ0v) is 20.2. The van der Waals surface area contributed by atoms with E-state index in [0.717, 1.165) is 12.1 Å². The summed E-state index contributed by atoms with van der Waals surface area (Å²) < 4.78 is 38.9. The molecule has 9 heteroatoms. The quantitative estimate of drug-likeness (QED) is 0.430. The van der Waals surface area contributed by atoms with E-state index in [4.69, 9.17) is 21.5 Å². The van der Waals surface area contributed by atoms with Crippen LogP contribution in [0.5, 0.6) is 5.75 Å². The van der Waals surface area contributed by atoms with Crippen molar-refractivity contribution in [3.05, 3.63) is 71.3 Å². The van der Waals surface area contributed by atoms with E-state index in [-0.39, 0.29) is 23.3 Å². The lowest BCUT2D eigenvalue weighted by atomic mass is 9.94. The Balaban J connectivity index is 1.78. The second kappa shape index (κ2) is 9.89. The van der Waals surface area contributed by atoms with Crippen LogP contribution in [-0.2, 0) is 0 Å². The third kappa shape index (κ3) is 4.79. The molecule has 2 aromatic carbocycles. The SMILES string of the molecule is COc1ccc(-c2noc(C3=C(C)N(CCC(C)C)C(=S)NC3c3cccc(F)c3)n2)cc1F. The third-order valence-corrected chi connectivity index (χ3v) is 6.11. The molecule has 0 spiro atoms. The van der Waals surface area contributed by atoms with Gasteiger partial charge < -0.3 is 19.5 Å². The first-order valence-corrected chi connectivity index (χ1v) is 11.4. The smallest absolute Gasteiger partial charge is 0.258 e. The van der Waals surface area contributed by atoms with E-state index in [1.165, 1.54) is 31.4 Å². The number of thiocarbonyl (C=S) groups is 1. The Morgan fingerprint density at radius 1 is 1.21 bits per heavy atom. The molecule has 2 heterocycles. The van der Waals surface area contributed by atoms with Crippen LogP contribution in [0.2, 0.25) is 0 Å². The first-order valence-electron chi connectivity index (χ1n) is 11.0. The molecule has 6 nitrogen and oxygen atoms in total. The van der Waals surface area contributed by atoms with Crippen LogP contribution in [0, 0.1) is 17.6 Å². The Labute approximate surface area is 202 Å². The van der Waals surface area contributed by atoms with Crippen molar-refractivity contribution >= 4 is 22.9 Å². The summed E-state index contributed by atoms with van der Waals surface area (Å²) in [5, 5.41) is 7.94. The van der Waals surface area contributed by atoms with Crippen molar-refractivity contribution in [2.24, 2.45) is 5.92 Å². The van der Waals surface area contributed by atoms with E-state index in [2.05, 4.69) is 29.3 Å². The molecule has 0 amide bonds. The zero-order valence-electron chi connectivity index (χ0n) is 19.4. The molecule has 1 aromatic heterocycles. The molecule has 1 aliphatic rings. The van der Waals surface area contributed by atoms with Gasteiger partial charge >= 0.3 is 0 Å². The first kappa shape index (κ1) is 23.8. The molecule has 0 fully saturated rings. The van der Waals surface area contributed by atoms with Gasteiger partial charge in [0.15, 0.2) is 16.7 Å². The van der Waals surface area contributed by atoms with Crippen molar-refractivity contribution in [3.63, 3.8) is 0 Å². The van der Waals surface area contributed by atoms with Gasteiger partial charge in [0.05, 0.1) is 18.7 Å². The fraction of sp³-hybridized carbons (Fsp3) is 0.320. The highest BCUT2D eigenvalue weighted by Crippen LogP contribution is 2.38. The monoisotopic (exact) mass is 484 g/mol. The Morgan fingerprint density at radius 3 is 2.68 bits per heavy atom. The average Bonchev–Trinajstić information content (AvgIpc) is 3.28. The van der Waals surface area contributed by atoms with Crippen LogP contribution in [0.4, 0.5) is 8.78 Å². The molecular formula is C25H26F2N4O2S. The van der Waals surface area contributed by atoms with E-state index >= 15 is 0 Å². The van der Waals surface area contributed by atoms with E-state index in [1.54, 1.807) is 12.1 Å². The molecule has 1 N–H and O–H groups in total. The second-order valence-electron chi connectivity index (χ2n) is 8.54. The van der Waals surface area contributed by atoms with Crippen LogP contribution in [-0.4, -0.2) is 33.8 Å². The van der Waals surface area contributed by atoms with Crippen LogP contribution in [0.3, 0.4) is 0 Å². The van der Waals surface area contributed by atoms with Gasteiger partial charge in [-0.05, 0) is 67.4 Å². The molecule has 1 aliphatic heterocycles. The van der Waals surface area contributed by atoms with Gasteiger partial charge in [-0.15, -0.1) is 0 Å². The normalized spacial score (nSPS) is 16.3. The highest BCUT2D eigenvalue weighted by Gasteiger charge is 2.34. The Hall–Kier alpha value is -3.33. The van der Waals surface area contributed by atoms with E-state index in [0.29, 0.717) is 34.3 Å². The third-order valence-electron chi connectivity index (χ3n) is 5.77. The van der Waals surface area contributed by atoms with E-state index < -0.39 is 11.9 Å². The number of benzene rings is 2. The van der Waals surface area contributed by atoms with E-state index in [9.17, 15) is 8.78 Å². The number of hydrogen-bond donors (Lipinski definition) is 1. The van der Waals surface area contributed by atoms with Crippen LogP contribution < -0.4 is 10.1 Å². The van der Waals surface area contributed by atoms with Crippen molar-refractivity contribution in [2.75, 3.05) is 13.7 Å². The molecule has 1 atom stereocenters. The lowest BCUT2D eigenvalue weighted by molar-refractivity contribution is 0.386. The molecule has 0 radical (unpaired) electrons. The van der Waals surface area contributed by atoms with Crippen molar-refractivity contribution in [3.8, 4) is 17.1 Å². The highest BCUT2D eigenvalue weighted by atomic mass is 32.1. The first-order chi connectivity index (χ1) is 16.3. The predicted octanol–water partition coefficient (Wildman–Crippen LogP) is 5.73. The number of methoxy groups -OCH3 is 1. The van der Waals surface area contributed by atoms with Gasteiger partial charge in [-0.2, -0.15) is 4.98 Å². The van der Waals surface area contributed by atoms with Gasteiger partial charge in [0, 0.05) is 17.8 Å². The summed E-state index contributed by atoms with van der Waals surface area (Å²) in [5.41, 5.74) is 2.66. The summed E-state index contributed by atoms with van der Waals surface area (Å²) in [5.74, 6) is 0.218. The predicted molar refractivity (Wildman–Crippen MR) is 130 cm³/mol. The van der Waals surface area contributed by atoms with Crippen molar-refractivity contribution < 1.29 is 18.0 Å². The maximum absolute atomic E-state index is 14.2. The minimum atomic E-state index is -0.524. The topological polar surface area (TPSA) is 63.4 Å². The lowest BCUT2D eigenvalue weighted by Crippen LogP contribution is -2.46. The van der Waals surface area contributed by atoms with Crippen LogP contribution >= 0.6 is 12.2 Å². The minimum absolute atomic E-state index is 0.128. The van der Waals surface area contributed by atoms with Gasteiger partial charge in [-0.1, -0.05) is 31.1 Å². The standard InChI is InChI=1S/C25H26F2N4O2S/c1-14(2)10-11-31-15(3)21(22(28-25(31)34)16-6-5-7-18(26)12-16)24-29-23(30-33-24)17-8-9-20(32-4)19(27)13-17/h5-9,12-14,22H,10-11H2,1-4H3,(H,28,34). The molecule has 0 saturated heterocycles. The highest BCUT2D eigenvalue weighted by molar-refractivity contribution is 7.80. The summed E-state index contributed by atoms with van der Waals surface area (Å²) in [4.78, 5) is 6.55. The molecule has 0 saturated carbocycles. The molecule has 0 aliphatic carbocycles. The summed E-state index contributed by atoms with van der Waals surface area (Å²) in [6.07, 6.45) is 0.928. The average molecular weight is 485 g/mol. The summed E-state index contributed by atoms with van der Waals surface area (Å²) >= 11 is 5.66. The van der Waals surface area contributed by atoms with Gasteiger partial charge in [0.1, 0.15) is 5.82 Å². The Bertz CT molecular complexity index is 1240. The van der Waals surface area contributed by atoms with E-state index in [1.807, 2.05) is 17.9 Å². The molecule has 1 unspecified atom stereocenters. The molecule has 4 rings (SSSR count). The molecule has 3 aromatic rings. The fourth-order valence-electron chi connectivity index (χ4n) is 3.91. The second-order valence-corrected chi connectivity index (χ2v) is 8.93. The van der Waals surface area contributed by atoms with Crippen molar-refractivity contribution in [2.45, 2.75) is 33.2 Å². The molecule has 0 bridgehead atoms. The summed E-state index contributed by atoms with van der Waals surface area (Å²) in [7, 11) is 1.40. The lowest BCUT2D eigenvalue weighted by Gasteiger charge is -2.37. The van der Waals surface area contributed by atoms with Crippen molar-refractivity contribution in [1.82, 2.24) is 20.4 Å². The number of halogens is 2. The number of ether oxygens (including phenoxy) is 1. The van der Waals surface area contributed by atoms with Crippen LogP contribution in [0.25, 0.3) is 17.0 Å². The van der Waals surface area contributed by atoms with Gasteiger partial charge in [-0.3, -0.25) is 0 Å². The number of rotatable bonds is 7. The maximum atomic E-state index is 14.2. The van der Waals surface area contributed by atoms with Crippen LogP contribution in [0.15, 0.2) is 52.7 Å². The summed E-state index contributed by atoms with van der Waals surface area (Å²) in [6.45, 7) is 6.94. The maximum Gasteiger partial charge on any atom is 0.258 e. The van der Waals surface area contributed by atoms with Crippen molar-refractivity contribution in [1.29, 1.82) is 0 Å². The van der Waals surface area contributed by atoms with Gasteiger partial charge in [0.25, 0.3) is 5.89 Å². The number of aromatic nitrogens is 2. The Morgan fingerprint density at radius 2 is 2.00 bits per heavy atom. The van der Waals surface area contributed by atoms with Crippen LogP contribution in [0.1, 0.15) is 44.7 Å². The summed E-state index contributed by atoms with van der Waals surface area (Å²) in [6, 6.07) is 10.3. The largest absolute Gasteiger partial charge is 0.494 e. The fourth-order valence-corrected chi connectivity index (χ4v) is 4.25. The molecular weight excluding hydrogens is 458 g/mol. The number of nitrogens with one attached hydrogen (secondary N) is 1. The Kier molecular flexibility index (Phi) is 6.92. The van der Waals surface area contributed by atoms with Gasteiger partial charge in [0.2, 0.25) is 5.82 Å². The minimum Gasteiger partial charge on any atom is -0.494 e.